The summed E-state index contributed by atoms with van der Waals surface area (Å²) < 4.78 is 6.48. The molecule has 0 aliphatic rings. The van der Waals surface area contributed by atoms with E-state index in [1.54, 1.807) is 0 Å². The monoisotopic (exact) mass is 1260 g/mol. The van der Waals surface area contributed by atoms with Gasteiger partial charge in [-0.3, -0.25) is 15.0 Å². The first-order chi connectivity index (χ1) is 40.1. The van der Waals surface area contributed by atoms with Crippen LogP contribution in [0.25, 0.3) is 51.2 Å². The van der Waals surface area contributed by atoms with Gasteiger partial charge < -0.3 is 18.6 Å². The van der Waals surface area contributed by atoms with E-state index < -0.39 is 0 Å². The summed E-state index contributed by atoms with van der Waals surface area (Å²) in [7, 11) is 0. The van der Waals surface area contributed by atoms with Crippen LogP contribution in [0.5, 0.6) is 0 Å². The fraction of sp³-hybridized carbons (Fsp3) is 0.160. The van der Waals surface area contributed by atoms with Crippen LogP contribution in [-0.2, 0) is 58.6 Å². The zero-order valence-corrected chi connectivity index (χ0v) is 50.4. The molecule has 0 aliphatic carbocycles. The van der Waals surface area contributed by atoms with E-state index in [0.717, 1.165) is 107 Å². The summed E-state index contributed by atoms with van der Waals surface area (Å²) in [4.78, 5) is 16.6. The van der Waals surface area contributed by atoms with Gasteiger partial charge in [0.2, 0.25) is 0 Å². The number of benzene rings is 9. The predicted octanol–water partition coefficient (Wildman–Crippen LogP) is 17.3. The molecule has 8 heteroatoms. The van der Waals surface area contributed by atoms with Gasteiger partial charge in [-0.05, 0) is 149 Å². The molecule has 0 N–H and O–H groups in total. The summed E-state index contributed by atoms with van der Waals surface area (Å²) in [5.74, 6) is 2.69. The molecule has 0 bridgehead atoms. The number of aromatic nitrogens is 6. The van der Waals surface area contributed by atoms with Crippen molar-refractivity contribution < 1.29 is 20.1 Å². The van der Waals surface area contributed by atoms with Gasteiger partial charge in [-0.2, -0.15) is 0 Å². The van der Waals surface area contributed by atoms with Crippen LogP contribution >= 0.6 is 0 Å². The predicted molar refractivity (Wildman–Crippen MR) is 335 cm³/mol. The zero-order valence-electron chi connectivity index (χ0n) is 48.0. The van der Waals surface area contributed by atoms with Crippen LogP contribution in [0.2, 0.25) is 0 Å². The van der Waals surface area contributed by atoms with Gasteiger partial charge in [-0.15, -0.1) is 106 Å². The van der Waals surface area contributed by atoms with Gasteiger partial charge in [0.15, 0.2) is 0 Å². The Labute approximate surface area is 503 Å². The van der Waals surface area contributed by atoms with Crippen LogP contribution in [0.4, 0.5) is 17.1 Å². The standard InChI is InChI=1S/C75H66N7.Ir/c1-52-7-40-70(55(4)49-52)79-46-43-76-73(79)64-28-16-58(17-29-64)10-13-61-22-34-67(35-23-61)82(68-36-24-62(25-37-68)14-11-59-18-30-65(31-19-59)74-77-44-47-80(74)71-41-8-53(2)50-56(71)5)69-38-26-63(27-39-69)15-12-60-20-32-66(33-21-60)75-78-45-48-81(75)72-42-9-54(3)51-57(72)6;/h7-9,16-28,30,32,34-51H,10-15H2,1-6H3;/q-3;+3. The average Bonchev–Trinajstić information content (AvgIpc) is 4.48. The van der Waals surface area contributed by atoms with Gasteiger partial charge >= 0.3 is 20.1 Å². The van der Waals surface area contributed by atoms with E-state index in [1.807, 2.05) is 37.2 Å². The van der Waals surface area contributed by atoms with Crippen molar-refractivity contribution >= 4 is 17.1 Å². The number of nitrogens with zero attached hydrogens (tertiary/aromatic N) is 7. The second-order valence-electron chi connectivity index (χ2n) is 21.9. The topological polar surface area (TPSA) is 56.7 Å². The first-order valence-electron chi connectivity index (χ1n) is 28.5. The van der Waals surface area contributed by atoms with Crippen LogP contribution in [0, 0.1) is 59.7 Å². The number of hydrogen-bond acceptors (Lipinski definition) is 4. The molecule has 0 atom stereocenters. The molecule has 0 saturated carbocycles. The van der Waals surface area contributed by atoms with E-state index in [2.05, 4.69) is 260 Å². The molecule has 12 aromatic rings. The van der Waals surface area contributed by atoms with Crippen molar-refractivity contribution in [2.45, 2.75) is 80.1 Å². The van der Waals surface area contributed by atoms with Crippen molar-refractivity contribution in [1.29, 1.82) is 0 Å². The Balaban J connectivity index is 0.00000721. The van der Waals surface area contributed by atoms with Crippen molar-refractivity contribution in [3.8, 4) is 51.2 Å². The molecule has 7 nitrogen and oxygen atoms in total. The molecule has 0 radical (unpaired) electrons. The van der Waals surface area contributed by atoms with Gasteiger partial charge in [0.1, 0.15) is 0 Å². The van der Waals surface area contributed by atoms with Crippen LogP contribution in [0.3, 0.4) is 0 Å². The summed E-state index contributed by atoms with van der Waals surface area (Å²) in [6, 6.07) is 77.0. The molecular formula is C75H66IrN7. The van der Waals surface area contributed by atoms with E-state index >= 15 is 0 Å². The molecule has 83 heavy (non-hydrogen) atoms. The maximum atomic E-state index is 4.73. The van der Waals surface area contributed by atoms with E-state index in [9.17, 15) is 0 Å². The first kappa shape index (κ1) is 55.9. The Morgan fingerprint density at radius 3 is 0.843 bits per heavy atom. The van der Waals surface area contributed by atoms with E-state index in [1.165, 1.54) is 66.8 Å². The van der Waals surface area contributed by atoms with E-state index in [4.69, 9.17) is 15.0 Å². The Morgan fingerprint density at radius 2 is 0.590 bits per heavy atom. The maximum absolute atomic E-state index is 4.73. The molecule has 0 amide bonds. The van der Waals surface area contributed by atoms with Crippen molar-refractivity contribution in [2.24, 2.45) is 0 Å². The van der Waals surface area contributed by atoms with Gasteiger partial charge in [0.05, 0.1) is 17.5 Å². The Hall–Kier alpha value is -8.94. The third-order valence-corrected chi connectivity index (χ3v) is 15.8. The molecule has 0 unspecified atom stereocenters. The molecule has 0 spiro atoms. The fourth-order valence-electron chi connectivity index (χ4n) is 11.3. The molecule has 3 aromatic heterocycles. The van der Waals surface area contributed by atoms with Crippen molar-refractivity contribution in [1.82, 2.24) is 28.7 Å². The van der Waals surface area contributed by atoms with Crippen molar-refractivity contribution in [3.05, 3.63) is 304 Å². The van der Waals surface area contributed by atoms with Gasteiger partial charge in [0, 0.05) is 71.3 Å². The Morgan fingerprint density at radius 1 is 0.325 bits per heavy atom. The van der Waals surface area contributed by atoms with E-state index in [-0.39, 0.29) is 20.1 Å². The maximum Gasteiger partial charge on any atom is 3.00 e. The summed E-state index contributed by atoms with van der Waals surface area (Å²) in [5.41, 5.74) is 24.7. The zero-order chi connectivity index (χ0) is 56.1. The Kier molecular flexibility index (Phi) is 16.9. The molecule has 0 aliphatic heterocycles. The van der Waals surface area contributed by atoms with Crippen LogP contribution in [0.1, 0.15) is 66.8 Å². The van der Waals surface area contributed by atoms with Crippen molar-refractivity contribution in [2.75, 3.05) is 4.90 Å². The minimum atomic E-state index is 0. The summed E-state index contributed by atoms with van der Waals surface area (Å²) in [5, 5.41) is 0. The SMILES string of the molecule is Cc1ccc(-n2ccnc2-c2[c-]cc(CCc3ccc(N(c4ccc(CCc5c[c-]c(-c6nccn6-c6ccc(C)cc6C)cc5)cc4)c4ccc(CCc5c[c-]c(-c6nccn6-c6ccc(C)cc6C)cc5)cc4)cc3)cc2)c(C)c1.[Ir+3]. The largest absolute Gasteiger partial charge is 3.00 e. The molecule has 3 heterocycles. The second kappa shape index (κ2) is 25.1. The second-order valence-corrected chi connectivity index (χ2v) is 21.9. The quantitative estimate of drug-likeness (QED) is 0.0804. The van der Waals surface area contributed by atoms with Crippen molar-refractivity contribution in [3.63, 3.8) is 0 Å². The van der Waals surface area contributed by atoms with Crippen LogP contribution in [0.15, 0.2) is 219 Å². The fourth-order valence-corrected chi connectivity index (χ4v) is 11.3. The number of aryl methyl sites for hydroxylation is 12. The number of anilines is 3. The smallest absolute Gasteiger partial charge is 0.340 e. The molecular weight excluding hydrogens is 1190 g/mol. The number of hydrogen-bond donors (Lipinski definition) is 0. The third-order valence-electron chi connectivity index (χ3n) is 15.8. The first-order valence-corrected chi connectivity index (χ1v) is 28.5. The number of imidazole rings is 3. The minimum Gasteiger partial charge on any atom is -0.340 e. The molecule has 0 saturated heterocycles. The minimum absolute atomic E-state index is 0. The summed E-state index contributed by atoms with van der Waals surface area (Å²) >= 11 is 0. The third kappa shape index (κ3) is 12.6. The van der Waals surface area contributed by atoms with Crippen LogP contribution < -0.4 is 4.90 Å². The van der Waals surface area contributed by atoms with Gasteiger partial charge in [-0.1, -0.05) is 109 Å². The van der Waals surface area contributed by atoms with Gasteiger partial charge in [-0.25, -0.2) is 0 Å². The summed E-state index contributed by atoms with van der Waals surface area (Å²) in [6.45, 7) is 12.8. The van der Waals surface area contributed by atoms with Gasteiger partial charge in [0.25, 0.3) is 0 Å². The molecule has 0 fully saturated rings. The molecule has 9 aromatic carbocycles. The van der Waals surface area contributed by atoms with Crippen LogP contribution in [-0.4, -0.2) is 28.7 Å². The average molecular weight is 1260 g/mol. The normalized spacial score (nSPS) is 11.2. The summed E-state index contributed by atoms with van der Waals surface area (Å²) in [6.07, 6.45) is 17.2. The Bertz CT molecular complexity index is 3700. The molecule has 410 valence electrons. The van der Waals surface area contributed by atoms with E-state index in [0.29, 0.717) is 0 Å². The number of rotatable bonds is 18. The molecule has 12 rings (SSSR count).